The van der Waals surface area contributed by atoms with Crippen LogP contribution in [0.1, 0.15) is 64.6 Å². The molecule has 0 amide bonds. The Hall–Kier alpha value is -0.920. The molecule has 0 atom stereocenters. The average Bonchev–Trinajstić information content (AvgIpc) is 2.20. The molecule has 0 aliphatic rings. The third-order valence-corrected chi connectivity index (χ3v) is 1.95. The fourth-order valence-corrected chi connectivity index (χ4v) is 1.29. The number of hydrogen-bond donors (Lipinski definition) is 0. The molecule has 80 valence electrons. The molecule has 2 nitrogen and oxygen atoms in total. The summed E-state index contributed by atoms with van der Waals surface area (Å²) in [6.07, 6.45) is 1.77. The second kappa shape index (κ2) is 6.52. The molecule has 1 heterocycles. The largest absolute Gasteiger partial charge is 0.159 e. The minimum atomic E-state index is 0.469. The van der Waals surface area contributed by atoms with Crippen molar-refractivity contribution >= 4 is 0 Å². The van der Waals surface area contributed by atoms with E-state index in [1.54, 1.807) is 6.20 Å². The lowest BCUT2D eigenvalue weighted by atomic mass is 9.96. The Kier molecular flexibility index (Phi) is 6.09. The molecule has 0 saturated heterocycles. The maximum atomic E-state index is 4.15. The Morgan fingerprint density at radius 2 is 1.57 bits per heavy atom. The van der Waals surface area contributed by atoms with Crippen LogP contribution in [0.15, 0.2) is 12.3 Å². The van der Waals surface area contributed by atoms with Crippen LogP contribution in [0.2, 0.25) is 0 Å². The molecule has 0 radical (unpaired) electrons. The molecule has 0 saturated carbocycles. The molecule has 1 aromatic rings. The second-order valence-corrected chi connectivity index (χ2v) is 3.68. The number of aromatic nitrogens is 2. The smallest absolute Gasteiger partial charge is 0.0690 e. The van der Waals surface area contributed by atoms with E-state index in [1.807, 2.05) is 13.8 Å². The summed E-state index contributed by atoms with van der Waals surface area (Å²) in [4.78, 5) is 0. The van der Waals surface area contributed by atoms with Gasteiger partial charge in [-0.1, -0.05) is 41.5 Å². The molecule has 0 aliphatic heterocycles. The molecule has 14 heavy (non-hydrogen) atoms. The normalized spacial score (nSPS) is 10.0. The van der Waals surface area contributed by atoms with Crippen molar-refractivity contribution in [2.45, 2.75) is 53.4 Å². The van der Waals surface area contributed by atoms with Crippen LogP contribution in [0.4, 0.5) is 0 Å². The van der Waals surface area contributed by atoms with E-state index in [0.29, 0.717) is 11.8 Å². The second-order valence-electron chi connectivity index (χ2n) is 3.68. The van der Waals surface area contributed by atoms with Crippen molar-refractivity contribution in [3.63, 3.8) is 0 Å². The first-order valence-corrected chi connectivity index (χ1v) is 5.44. The lowest BCUT2D eigenvalue weighted by Crippen LogP contribution is -2.02. The van der Waals surface area contributed by atoms with Gasteiger partial charge in [0, 0.05) is 6.20 Å². The lowest BCUT2D eigenvalue weighted by molar-refractivity contribution is 0.729. The molecule has 0 spiro atoms. The van der Waals surface area contributed by atoms with E-state index in [1.165, 1.54) is 5.56 Å². The summed E-state index contributed by atoms with van der Waals surface area (Å²) in [5, 5.41) is 8.05. The minimum absolute atomic E-state index is 0.469. The molecule has 2 heteroatoms. The van der Waals surface area contributed by atoms with Gasteiger partial charge in [0.2, 0.25) is 0 Å². The summed E-state index contributed by atoms with van der Waals surface area (Å²) in [6.45, 7) is 12.7. The summed E-state index contributed by atoms with van der Waals surface area (Å²) < 4.78 is 0. The Labute approximate surface area is 87.8 Å². The average molecular weight is 194 g/mol. The summed E-state index contributed by atoms with van der Waals surface area (Å²) in [5.74, 6) is 1.01. The quantitative estimate of drug-likeness (QED) is 0.716. The van der Waals surface area contributed by atoms with Crippen molar-refractivity contribution in [2.75, 3.05) is 0 Å². The maximum absolute atomic E-state index is 4.15. The summed E-state index contributed by atoms with van der Waals surface area (Å²) in [6, 6.07) is 2.06. The first kappa shape index (κ1) is 13.1. The van der Waals surface area contributed by atoms with Gasteiger partial charge in [-0.15, -0.1) is 0 Å². The highest BCUT2D eigenvalue weighted by molar-refractivity contribution is 5.23. The highest BCUT2D eigenvalue weighted by Gasteiger charge is 2.10. The Balaban J connectivity index is 0.000000791. The Morgan fingerprint density at radius 3 is 1.93 bits per heavy atom. The molecule has 0 fully saturated rings. The Morgan fingerprint density at radius 1 is 1.00 bits per heavy atom. The van der Waals surface area contributed by atoms with Gasteiger partial charge in [-0.3, -0.25) is 0 Å². The lowest BCUT2D eigenvalue weighted by Gasteiger charge is -2.12. The predicted molar refractivity (Wildman–Crippen MR) is 61.6 cm³/mol. The van der Waals surface area contributed by atoms with Gasteiger partial charge in [-0.2, -0.15) is 10.2 Å². The van der Waals surface area contributed by atoms with Crippen LogP contribution >= 0.6 is 0 Å². The van der Waals surface area contributed by atoms with Crippen LogP contribution in [0.3, 0.4) is 0 Å². The first-order valence-electron chi connectivity index (χ1n) is 5.44. The van der Waals surface area contributed by atoms with Gasteiger partial charge in [0.1, 0.15) is 0 Å². The van der Waals surface area contributed by atoms with E-state index in [-0.39, 0.29) is 0 Å². The van der Waals surface area contributed by atoms with Gasteiger partial charge >= 0.3 is 0 Å². The first-order chi connectivity index (χ1) is 6.63. The van der Waals surface area contributed by atoms with E-state index in [2.05, 4.69) is 44.0 Å². The van der Waals surface area contributed by atoms with E-state index in [0.717, 1.165) is 5.69 Å². The zero-order valence-corrected chi connectivity index (χ0v) is 10.2. The molecule has 0 bridgehead atoms. The molecule has 1 aromatic heterocycles. The van der Waals surface area contributed by atoms with Crippen LogP contribution in [0.25, 0.3) is 0 Å². The summed E-state index contributed by atoms with van der Waals surface area (Å²) in [7, 11) is 0. The van der Waals surface area contributed by atoms with Crippen molar-refractivity contribution in [3.05, 3.63) is 23.5 Å². The fraction of sp³-hybridized carbons (Fsp3) is 0.667. The third-order valence-electron chi connectivity index (χ3n) is 1.95. The Bertz CT molecular complexity index is 227. The molecular weight excluding hydrogens is 172 g/mol. The van der Waals surface area contributed by atoms with Gasteiger partial charge in [0.25, 0.3) is 0 Å². The third kappa shape index (κ3) is 3.44. The zero-order chi connectivity index (χ0) is 11.1. The van der Waals surface area contributed by atoms with E-state index in [9.17, 15) is 0 Å². The molecule has 0 aromatic carbocycles. The zero-order valence-electron chi connectivity index (χ0n) is 10.2. The molecule has 1 rings (SSSR count). The van der Waals surface area contributed by atoms with E-state index < -0.39 is 0 Å². The van der Waals surface area contributed by atoms with Gasteiger partial charge in [-0.05, 0) is 23.5 Å². The molecule has 0 aliphatic carbocycles. The molecule has 0 N–H and O–H groups in total. The standard InChI is InChI=1S/C10H16N2.C2H6/c1-7(2)9-5-6-11-12-10(9)8(3)4;1-2/h5-8H,1-4H3;1-2H3. The summed E-state index contributed by atoms with van der Waals surface area (Å²) in [5.41, 5.74) is 2.45. The molecular formula is C12H22N2. The van der Waals surface area contributed by atoms with Crippen LogP contribution in [-0.4, -0.2) is 10.2 Å². The van der Waals surface area contributed by atoms with Gasteiger partial charge in [-0.25, -0.2) is 0 Å². The van der Waals surface area contributed by atoms with Crippen molar-refractivity contribution in [2.24, 2.45) is 0 Å². The molecule has 0 unspecified atom stereocenters. The van der Waals surface area contributed by atoms with Gasteiger partial charge < -0.3 is 0 Å². The van der Waals surface area contributed by atoms with E-state index >= 15 is 0 Å². The van der Waals surface area contributed by atoms with Crippen LogP contribution in [0, 0.1) is 0 Å². The number of nitrogens with zero attached hydrogens (tertiary/aromatic N) is 2. The number of hydrogen-bond acceptors (Lipinski definition) is 2. The monoisotopic (exact) mass is 194 g/mol. The van der Waals surface area contributed by atoms with Crippen LogP contribution < -0.4 is 0 Å². The van der Waals surface area contributed by atoms with Crippen molar-refractivity contribution in [1.29, 1.82) is 0 Å². The van der Waals surface area contributed by atoms with Crippen molar-refractivity contribution in [1.82, 2.24) is 10.2 Å². The minimum Gasteiger partial charge on any atom is -0.159 e. The van der Waals surface area contributed by atoms with E-state index in [4.69, 9.17) is 0 Å². The maximum Gasteiger partial charge on any atom is 0.0690 e. The van der Waals surface area contributed by atoms with Gasteiger partial charge in [0.05, 0.1) is 5.69 Å². The van der Waals surface area contributed by atoms with Gasteiger partial charge in [0.15, 0.2) is 0 Å². The highest BCUT2D eigenvalue weighted by Crippen LogP contribution is 2.22. The van der Waals surface area contributed by atoms with Crippen molar-refractivity contribution in [3.8, 4) is 0 Å². The highest BCUT2D eigenvalue weighted by atomic mass is 15.1. The predicted octanol–water partition coefficient (Wildman–Crippen LogP) is 3.75. The van der Waals surface area contributed by atoms with Crippen LogP contribution in [0.5, 0.6) is 0 Å². The number of rotatable bonds is 2. The summed E-state index contributed by atoms with van der Waals surface area (Å²) >= 11 is 0. The van der Waals surface area contributed by atoms with Crippen molar-refractivity contribution < 1.29 is 0 Å². The topological polar surface area (TPSA) is 25.8 Å². The SMILES string of the molecule is CC.CC(C)c1ccnnc1C(C)C. The van der Waals surface area contributed by atoms with Crippen LogP contribution in [-0.2, 0) is 0 Å². The fourth-order valence-electron chi connectivity index (χ4n) is 1.29.